The smallest absolute Gasteiger partial charge is 0.327 e. The van der Waals surface area contributed by atoms with Gasteiger partial charge in [0.25, 0.3) is 0 Å². The number of carbonyl (C=O) groups excluding carboxylic acids is 2. The largest absolute Gasteiger partial charge is 0.465 e. The van der Waals surface area contributed by atoms with E-state index in [-0.39, 0.29) is 36.4 Å². The third kappa shape index (κ3) is 2.42. The molecule has 5 rings (SSSR count). The van der Waals surface area contributed by atoms with Gasteiger partial charge in [-0.15, -0.1) is 0 Å². The Labute approximate surface area is 182 Å². The van der Waals surface area contributed by atoms with E-state index in [4.69, 9.17) is 9.47 Å². The SMILES string of the molecule is CCOC(=O)C1(C(=O)OCC)C=CC2C(=CC34C=CC=CC3=CC=C3C=CC=CC324)C1. The third-order valence-corrected chi connectivity index (χ3v) is 7.21. The van der Waals surface area contributed by atoms with Crippen molar-refractivity contribution in [2.24, 2.45) is 22.2 Å². The van der Waals surface area contributed by atoms with Gasteiger partial charge in [0.15, 0.2) is 5.41 Å². The van der Waals surface area contributed by atoms with E-state index in [0.29, 0.717) is 0 Å². The molecule has 3 unspecified atom stereocenters. The van der Waals surface area contributed by atoms with Crippen molar-refractivity contribution in [1.82, 2.24) is 0 Å². The maximum atomic E-state index is 13.0. The van der Waals surface area contributed by atoms with Crippen LogP contribution >= 0.6 is 0 Å². The van der Waals surface area contributed by atoms with Crippen LogP contribution in [0.25, 0.3) is 0 Å². The van der Waals surface area contributed by atoms with Gasteiger partial charge < -0.3 is 9.47 Å². The summed E-state index contributed by atoms with van der Waals surface area (Å²) in [5.74, 6) is -1.05. The summed E-state index contributed by atoms with van der Waals surface area (Å²) in [5, 5.41) is 0. The maximum Gasteiger partial charge on any atom is 0.327 e. The van der Waals surface area contributed by atoms with Gasteiger partial charge in [-0.1, -0.05) is 84.6 Å². The number of carbonyl (C=O) groups is 2. The topological polar surface area (TPSA) is 52.6 Å². The third-order valence-electron chi connectivity index (χ3n) is 7.21. The lowest BCUT2D eigenvalue weighted by Gasteiger charge is -2.51. The molecule has 0 amide bonds. The van der Waals surface area contributed by atoms with E-state index < -0.39 is 17.4 Å². The second-order valence-corrected chi connectivity index (χ2v) is 8.56. The van der Waals surface area contributed by atoms with Crippen molar-refractivity contribution in [3.05, 3.63) is 95.7 Å². The van der Waals surface area contributed by atoms with E-state index in [0.717, 1.165) is 5.57 Å². The van der Waals surface area contributed by atoms with Crippen LogP contribution in [0.1, 0.15) is 20.3 Å². The molecule has 0 aliphatic heterocycles. The van der Waals surface area contributed by atoms with Crippen molar-refractivity contribution >= 4 is 11.9 Å². The summed E-state index contributed by atoms with van der Waals surface area (Å²) < 4.78 is 10.7. The van der Waals surface area contributed by atoms with Gasteiger partial charge in [-0.2, -0.15) is 0 Å². The fourth-order valence-corrected chi connectivity index (χ4v) is 5.95. The van der Waals surface area contributed by atoms with Crippen LogP contribution in [-0.2, 0) is 19.1 Å². The summed E-state index contributed by atoms with van der Waals surface area (Å²) in [7, 11) is 0. The second-order valence-electron chi connectivity index (χ2n) is 8.56. The van der Waals surface area contributed by atoms with Crippen LogP contribution in [0, 0.1) is 22.2 Å². The molecule has 0 N–H and O–H groups in total. The number of allylic oxidation sites excluding steroid dienone is 15. The first-order valence-corrected chi connectivity index (χ1v) is 10.9. The quantitative estimate of drug-likeness (QED) is 0.380. The van der Waals surface area contributed by atoms with E-state index in [2.05, 4.69) is 66.8 Å². The number of hydrogen-bond donors (Lipinski definition) is 0. The normalized spacial score (nSPS) is 32.7. The predicted molar refractivity (Wildman–Crippen MR) is 119 cm³/mol. The minimum atomic E-state index is -1.44. The first-order chi connectivity index (χ1) is 15.0. The average molecular weight is 415 g/mol. The molecule has 158 valence electrons. The Morgan fingerprint density at radius 2 is 1.55 bits per heavy atom. The van der Waals surface area contributed by atoms with E-state index >= 15 is 0 Å². The molecule has 0 bridgehead atoms. The Kier molecular flexibility index (Phi) is 4.44. The zero-order valence-corrected chi connectivity index (χ0v) is 17.8. The van der Waals surface area contributed by atoms with Crippen molar-refractivity contribution in [3.63, 3.8) is 0 Å². The predicted octanol–water partition coefficient (Wildman–Crippen LogP) is 4.71. The van der Waals surface area contributed by atoms with Crippen LogP contribution in [0.3, 0.4) is 0 Å². The van der Waals surface area contributed by atoms with Gasteiger partial charge in [0.05, 0.1) is 13.2 Å². The fraction of sp³-hybridized carbons (Fsp3) is 0.333. The highest BCUT2D eigenvalue weighted by Crippen LogP contribution is 2.69. The number of hydrogen-bond acceptors (Lipinski definition) is 4. The minimum absolute atomic E-state index is 0.0387. The first-order valence-electron chi connectivity index (χ1n) is 10.9. The molecule has 0 heterocycles. The van der Waals surface area contributed by atoms with Crippen LogP contribution in [-0.4, -0.2) is 25.2 Å². The van der Waals surface area contributed by atoms with Gasteiger partial charge >= 0.3 is 11.9 Å². The van der Waals surface area contributed by atoms with Crippen LogP contribution in [0.2, 0.25) is 0 Å². The molecule has 0 aromatic rings. The molecule has 0 saturated carbocycles. The number of esters is 2. The monoisotopic (exact) mass is 414 g/mol. The van der Waals surface area contributed by atoms with Gasteiger partial charge in [-0.3, -0.25) is 9.59 Å². The standard InChI is InChI=1S/C27H26O4/c1-3-30-23(28)25(24(29)31-4-2)16-13-22-19(17-25)18-26-14-7-5-9-20(26)11-12-21-10-6-8-15-27(21,22)26/h5-16,18,22H,3-4,17H2,1-2H3. The molecule has 0 radical (unpaired) electrons. The summed E-state index contributed by atoms with van der Waals surface area (Å²) in [6.45, 7) is 3.93. The lowest BCUT2D eigenvalue weighted by molar-refractivity contribution is -0.168. The first kappa shape index (κ1) is 19.8. The minimum Gasteiger partial charge on any atom is -0.465 e. The number of rotatable bonds is 4. The molecule has 0 saturated heterocycles. The van der Waals surface area contributed by atoms with Crippen LogP contribution in [0.5, 0.6) is 0 Å². The number of ether oxygens (including phenoxy) is 2. The van der Waals surface area contributed by atoms with Crippen molar-refractivity contribution in [1.29, 1.82) is 0 Å². The average Bonchev–Trinajstić information content (AvgIpc) is 3.06. The van der Waals surface area contributed by atoms with Crippen molar-refractivity contribution < 1.29 is 19.1 Å². The number of fused-ring (bicyclic) bond motifs is 1. The molecule has 3 atom stereocenters. The van der Waals surface area contributed by atoms with Crippen LogP contribution in [0.15, 0.2) is 95.7 Å². The van der Waals surface area contributed by atoms with Gasteiger partial charge in [0.1, 0.15) is 0 Å². The van der Waals surface area contributed by atoms with Crippen LogP contribution < -0.4 is 0 Å². The Hall–Kier alpha value is -3.14. The lowest BCUT2D eigenvalue weighted by Crippen LogP contribution is -2.47. The highest BCUT2D eigenvalue weighted by molar-refractivity contribution is 6.03. The molecule has 0 aromatic heterocycles. The highest BCUT2D eigenvalue weighted by Gasteiger charge is 2.63. The summed E-state index contributed by atoms with van der Waals surface area (Å²) >= 11 is 0. The van der Waals surface area contributed by atoms with Gasteiger partial charge in [-0.05, 0) is 31.4 Å². The molecular weight excluding hydrogens is 388 g/mol. The van der Waals surface area contributed by atoms with Crippen molar-refractivity contribution in [2.45, 2.75) is 20.3 Å². The van der Waals surface area contributed by atoms with Gasteiger partial charge in [0, 0.05) is 16.7 Å². The van der Waals surface area contributed by atoms with Gasteiger partial charge in [-0.25, -0.2) is 0 Å². The second kappa shape index (κ2) is 6.94. The molecule has 2 spiro atoms. The molecule has 5 aliphatic rings. The van der Waals surface area contributed by atoms with Crippen molar-refractivity contribution in [2.75, 3.05) is 13.2 Å². The summed E-state index contributed by atoms with van der Waals surface area (Å²) in [5.41, 5.74) is 1.42. The Morgan fingerprint density at radius 3 is 2.26 bits per heavy atom. The summed E-state index contributed by atoms with van der Waals surface area (Å²) in [6, 6.07) is 0. The molecule has 4 heteroatoms. The molecule has 4 nitrogen and oxygen atoms in total. The molecular formula is C27H26O4. The van der Waals surface area contributed by atoms with E-state index in [1.165, 1.54) is 11.1 Å². The molecule has 0 aromatic carbocycles. The van der Waals surface area contributed by atoms with E-state index in [1.54, 1.807) is 19.9 Å². The summed E-state index contributed by atoms with van der Waals surface area (Å²) in [6.07, 6.45) is 27.9. The Morgan fingerprint density at radius 1 is 0.903 bits per heavy atom. The van der Waals surface area contributed by atoms with Crippen molar-refractivity contribution in [3.8, 4) is 0 Å². The van der Waals surface area contributed by atoms with E-state index in [9.17, 15) is 9.59 Å². The fourth-order valence-electron chi connectivity index (χ4n) is 5.95. The lowest BCUT2D eigenvalue weighted by atomic mass is 9.50. The van der Waals surface area contributed by atoms with E-state index in [1.807, 2.05) is 6.08 Å². The molecule has 0 fully saturated rings. The zero-order valence-electron chi connectivity index (χ0n) is 17.8. The van der Waals surface area contributed by atoms with Crippen LogP contribution in [0.4, 0.5) is 0 Å². The zero-order chi connectivity index (χ0) is 21.7. The van der Waals surface area contributed by atoms with Gasteiger partial charge in [0.2, 0.25) is 0 Å². The molecule has 31 heavy (non-hydrogen) atoms. The molecule has 5 aliphatic carbocycles. The Balaban J connectivity index is 1.69. The Bertz CT molecular complexity index is 1070. The maximum absolute atomic E-state index is 13.0. The highest BCUT2D eigenvalue weighted by atomic mass is 16.6. The summed E-state index contributed by atoms with van der Waals surface area (Å²) in [4.78, 5) is 26.1.